The lowest BCUT2D eigenvalue weighted by Crippen LogP contribution is -2.34. The van der Waals surface area contributed by atoms with E-state index >= 15 is 0 Å². The Morgan fingerprint density at radius 2 is 1.84 bits per heavy atom. The Hall–Kier alpha value is -0.580. The molecule has 1 aliphatic rings. The molecule has 0 bridgehead atoms. The first-order valence-electron chi connectivity index (χ1n) is 6.99. The predicted molar refractivity (Wildman–Crippen MR) is 80.4 cm³/mol. The lowest BCUT2D eigenvalue weighted by Gasteiger charge is -2.30. The van der Waals surface area contributed by atoms with Crippen LogP contribution in [0.4, 0.5) is 0 Å². The molecule has 1 fully saturated rings. The fourth-order valence-electron chi connectivity index (χ4n) is 2.55. The second-order valence-electron chi connectivity index (χ2n) is 4.99. The van der Waals surface area contributed by atoms with Gasteiger partial charge in [0.05, 0.1) is 12.7 Å². The van der Waals surface area contributed by atoms with Crippen LogP contribution in [0.5, 0.6) is 5.75 Å². The topological polar surface area (TPSA) is 44.5 Å². The van der Waals surface area contributed by atoms with Crippen LogP contribution in [-0.4, -0.2) is 25.9 Å². The van der Waals surface area contributed by atoms with E-state index in [1.54, 1.807) is 0 Å². The van der Waals surface area contributed by atoms with Crippen LogP contribution in [0.2, 0.25) is 0 Å². The Kier molecular flexibility index (Phi) is 6.14. The highest BCUT2D eigenvalue weighted by Crippen LogP contribution is 2.26. The van der Waals surface area contributed by atoms with Gasteiger partial charge >= 0.3 is 0 Å². The maximum Gasteiger partial charge on any atom is 0.119 e. The SMILES string of the molecule is NCC1CCCCC1OCCOc1ccc(Br)cc1. The van der Waals surface area contributed by atoms with E-state index in [-0.39, 0.29) is 0 Å². The van der Waals surface area contributed by atoms with E-state index in [0.717, 1.165) is 23.2 Å². The number of hydrogen-bond acceptors (Lipinski definition) is 3. The second-order valence-corrected chi connectivity index (χ2v) is 5.91. The van der Waals surface area contributed by atoms with Crippen LogP contribution in [0.3, 0.4) is 0 Å². The minimum Gasteiger partial charge on any atom is -0.491 e. The van der Waals surface area contributed by atoms with Crippen molar-refractivity contribution in [1.82, 2.24) is 0 Å². The van der Waals surface area contributed by atoms with E-state index in [0.29, 0.717) is 25.2 Å². The van der Waals surface area contributed by atoms with Crippen molar-refractivity contribution in [2.75, 3.05) is 19.8 Å². The highest BCUT2D eigenvalue weighted by atomic mass is 79.9. The molecule has 2 unspecified atom stereocenters. The van der Waals surface area contributed by atoms with Gasteiger partial charge in [-0.05, 0) is 49.6 Å². The van der Waals surface area contributed by atoms with Crippen molar-refractivity contribution in [3.8, 4) is 5.75 Å². The molecular formula is C15H22BrNO2. The second kappa shape index (κ2) is 7.88. The van der Waals surface area contributed by atoms with Gasteiger partial charge in [0, 0.05) is 4.47 Å². The van der Waals surface area contributed by atoms with Gasteiger partial charge in [0.25, 0.3) is 0 Å². The minimum absolute atomic E-state index is 0.326. The molecule has 106 valence electrons. The third-order valence-electron chi connectivity index (χ3n) is 3.64. The van der Waals surface area contributed by atoms with E-state index in [1.807, 2.05) is 24.3 Å². The Morgan fingerprint density at radius 1 is 1.11 bits per heavy atom. The Labute approximate surface area is 123 Å². The molecule has 1 saturated carbocycles. The largest absolute Gasteiger partial charge is 0.491 e. The van der Waals surface area contributed by atoms with E-state index in [4.69, 9.17) is 15.2 Å². The summed E-state index contributed by atoms with van der Waals surface area (Å²) in [5, 5.41) is 0. The van der Waals surface area contributed by atoms with E-state index < -0.39 is 0 Å². The van der Waals surface area contributed by atoms with Gasteiger partial charge in [-0.2, -0.15) is 0 Å². The van der Waals surface area contributed by atoms with Crippen molar-refractivity contribution in [1.29, 1.82) is 0 Å². The molecule has 2 N–H and O–H groups in total. The van der Waals surface area contributed by atoms with E-state index in [2.05, 4.69) is 15.9 Å². The third kappa shape index (κ3) is 4.79. The number of halogens is 1. The monoisotopic (exact) mass is 327 g/mol. The van der Waals surface area contributed by atoms with Gasteiger partial charge in [-0.3, -0.25) is 0 Å². The number of rotatable bonds is 6. The van der Waals surface area contributed by atoms with Crippen molar-refractivity contribution >= 4 is 15.9 Å². The first kappa shape index (κ1) is 14.8. The number of hydrogen-bond donors (Lipinski definition) is 1. The molecule has 0 radical (unpaired) electrons. The van der Waals surface area contributed by atoms with Crippen LogP contribution in [-0.2, 0) is 4.74 Å². The molecule has 3 nitrogen and oxygen atoms in total. The van der Waals surface area contributed by atoms with Gasteiger partial charge in [-0.1, -0.05) is 28.8 Å². The summed E-state index contributed by atoms with van der Waals surface area (Å²) in [5.41, 5.74) is 5.79. The molecule has 0 spiro atoms. The predicted octanol–water partition coefficient (Wildman–Crippen LogP) is 3.36. The standard InChI is InChI=1S/C15H22BrNO2/c16-13-5-7-14(8-6-13)18-9-10-19-15-4-2-1-3-12(15)11-17/h5-8,12,15H,1-4,9-11,17H2. The van der Waals surface area contributed by atoms with Crippen molar-refractivity contribution in [3.63, 3.8) is 0 Å². The van der Waals surface area contributed by atoms with Crippen LogP contribution in [0, 0.1) is 5.92 Å². The van der Waals surface area contributed by atoms with Gasteiger partial charge < -0.3 is 15.2 Å². The maximum absolute atomic E-state index is 5.92. The molecule has 1 aliphatic carbocycles. The highest BCUT2D eigenvalue weighted by molar-refractivity contribution is 9.10. The third-order valence-corrected chi connectivity index (χ3v) is 4.17. The van der Waals surface area contributed by atoms with Gasteiger partial charge in [0.1, 0.15) is 12.4 Å². The van der Waals surface area contributed by atoms with Crippen molar-refractivity contribution in [3.05, 3.63) is 28.7 Å². The average molecular weight is 328 g/mol. The Morgan fingerprint density at radius 3 is 2.58 bits per heavy atom. The van der Waals surface area contributed by atoms with E-state index in [1.165, 1.54) is 19.3 Å². The summed E-state index contributed by atoms with van der Waals surface area (Å²) >= 11 is 3.40. The maximum atomic E-state index is 5.92. The van der Waals surface area contributed by atoms with Crippen molar-refractivity contribution < 1.29 is 9.47 Å². The van der Waals surface area contributed by atoms with Crippen LogP contribution in [0.15, 0.2) is 28.7 Å². The van der Waals surface area contributed by atoms with Gasteiger partial charge in [-0.25, -0.2) is 0 Å². The van der Waals surface area contributed by atoms with E-state index in [9.17, 15) is 0 Å². The quantitative estimate of drug-likeness (QED) is 0.815. The number of benzene rings is 1. The molecule has 2 atom stereocenters. The Balaban J connectivity index is 1.67. The van der Waals surface area contributed by atoms with Gasteiger partial charge in [0.15, 0.2) is 0 Å². The van der Waals surface area contributed by atoms with Crippen LogP contribution in [0.25, 0.3) is 0 Å². The van der Waals surface area contributed by atoms with Crippen LogP contribution in [0.1, 0.15) is 25.7 Å². The summed E-state index contributed by atoms with van der Waals surface area (Å²) in [6, 6.07) is 7.85. The molecule has 0 aromatic heterocycles. The fraction of sp³-hybridized carbons (Fsp3) is 0.600. The summed E-state index contributed by atoms with van der Waals surface area (Å²) < 4.78 is 12.6. The van der Waals surface area contributed by atoms with Crippen molar-refractivity contribution in [2.45, 2.75) is 31.8 Å². The molecule has 19 heavy (non-hydrogen) atoms. The molecular weight excluding hydrogens is 306 g/mol. The summed E-state index contributed by atoms with van der Waals surface area (Å²) in [6.45, 7) is 1.96. The zero-order valence-electron chi connectivity index (χ0n) is 11.2. The van der Waals surface area contributed by atoms with Gasteiger partial charge in [-0.15, -0.1) is 0 Å². The summed E-state index contributed by atoms with van der Waals surface area (Å²) in [6.07, 6.45) is 5.22. The van der Waals surface area contributed by atoms with Crippen LogP contribution >= 0.6 is 15.9 Å². The van der Waals surface area contributed by atoms with Gasteiger partial charge in [0.2, 0.25) is 0 Å². The average Bonchev–Trinajstić information content (AvgIpc) is 2.46. The lowest BCUT2D eigenvalue weighted by atomic mass is 9.86. The van der Waals surface area contributed by atoms with Crippen LogP contribution < -0.4 is 10.5 Å². The zero-order valence-corrected chi connectivity index (χ0v) is 12.8. The Bertz CT molecular complexity index is 369. The summed E-state index contributed by atoms with van der Waals surface area (Å²) in [5.74, 6) is 1.41. The minimum atomic E-state index is 0.326. The number of ether oxygens (including phenoxy) is 2. The molecule has 1 aromatic carbocycles. The first-order valence-corrected chi connectivity index (χ1v) is 7.79. The smallest absolute Gasteiger partial charge is 0.119 e. The van der Waals surface area contributed by atoms with Crippen molar-refractivity contribution in [2.24, 2.45) is 11.7 Å². The summed E-state index contributed by atoms with van der Waals surface area (Å²) in [7, 11) is 0. The number of nitrogens with two attached hydrogens (primary N) is 1. The molecule has 1 aromatic rings. The molecule has 0 heterocycles. The fourth-order valence-corrected chi connectivity index (χ4v) is 2.82. The molecule has 4 heteroatoms. The highest BCUT2D eigenvalue weighted by Gasteiger charge is 2.24. The molecule has 2 rings (SSSR count). The molecule has 0 aliphatic heterocycles. The zero-order chi connectivity index (χ0) is 13.5. The molecule has 0 saturated heterocycles. The first-order chi connectivity index (χ1) is 9.29. The molecule has 0 amide bonds. The normalized spacial score (nSPS) is 23.3. The summed E-state index contributed by atoms with van der Waals surface area (Å²) in [4.78, 5) is 0. The lowest BCUT2D eigenvalue weighted by molar-refractivity contribution is -0.0192.